The molecule has 1 saturated heterocycles. The maximum Gasteiger partial charge on any atom is 0.331 e. The highest BCUT2D eigenvalue weighted by Gasteiger charge is 2.39. The molecule has 2 aliphatic heterocycles. The zero-order valence-electron chi connectivity index (χ0n) is 18.3. The number of rotatable bonds is 5. The van der Waals surface area contributed by atoms with Crippen molar-refractivity contribution < 1.29 is 18.0 Å². The van der Waals surface area contributed by atoms with Crippen LogP contribution in [0.5, 0.6) is 0 Å². The zero-order valence-corrected chi connectivity index (χ0v) is 19.2. The summed E-state index contributed by atoms with van der Waals surface area (Å²) < 4.78 is 27.4. The van der Waals surface area contributed by atoms with Crippen LogP contribution >= 0.6 is 0 Å². The van der Waals surface area contributed by atoms with Crippen molar-refractivity contribution in [3.63, 3.8) is 0 Å². The minimum atomic E-state index is -4.03. The number of urea groups is 2. The van der Waals surface area contributed by atoms with Crippen LogP contribution in [0.4, 0.5) is 15.3 Å². The van der Waals surface area contributed by atoms with Gasteiger partial charge in [0.05, 0.1) is 17.5 Å². The van der Waals surface area contributed by atoms with Gasteiger partial charge in [0, 0.05) is 18.8 Å². The van der Waals surface area contributed by atoms with Gasteiger partial charge in [-0.2, -0.15) is 0 Å². The van der Waals surface area contributed by atoms with Crippen molar-refractivity contribution in [3.05, 3.63) is 95.6 Å². The second kappa shape index (κ2) is 8.83. The Morgan fingerprint density at radius 1 is 1.00 bits per heavy atom. The van der Waals surface area contributed by atoms with Gasteiger partial charge in [-0.05, 0) is 41.3 Å². The summed E-state index contributed by atoms with van der Waals surface area (Å²) in [6.07, 6.45) is 0.538. The van der Waals surface area contributed by atoms with Gasteiger partial charge in [0.25, 0.3) is 10.0 Å². The molecule has 9 heteroatoms. The number of nitrogens with one attached hydrogen (secondary N) is 2. The summed E-state index contributed by atoms with van der Waals surface area (Å²) in [5.41, 5.74) is 3.28. The molecular formula is C25H24N4O4S. The topological polar surface area (TPSA) is 98.8 Å². The van der Waals surface area contributed by atoms with E-state index >= 15 is 0 Å². The van der Waals surface area contributed by atoms with E-state index in [1.807, 2.05) is 60.7 Å². The summed E-state index contributed by atoms with van der Waals surface area (Å²) in [5, 5.41) is 5.65. The van der Waals surface area contributed by atoms with Crippen LogP contribution in [0.3, 0.4) is 0 Å². The Kier molecular flexibility index (Phi) is 5.70. The van der Waals surface area contributed by atoms with Gasteiger partial charge in [0.2, 0.25) is 0 Å². The Balaban J connectivity index is 1.31. The molecule has 0 bridgehead atoms. The van der Waals surface area contributed by atoms with Gasteiger partial charge < -0.3 is 10.6 Å². The van der Waals surface area contributed by atoms with Crippen LogP contribution in [0.25, 0.3) is 0 Å². The van der Waals surface area contributed by atoms with Gasteiger partial charge in [0.15, 0.2) is 0 Å². The standard InChI is InChI=1S/C25H24N4O4S/c30-24(26-16-18-7-3-1-4-8-18)28-14-13-20-15-21(11-12-23(20)28)34(32,33)29-17-22(27-25(29)31)19-9-5-2-6-10-19/h1-12,15,22H,13-14,16-17H2,(H,26,30)(H,27,31). The minimum absolute atomic E-state index is 0.0241. The summed E-state index contributed by atoms with van der Waals surface area (Å²) >= 11 is 0. The van der Waals surface area contributed by atoms with E-state index in [0.717, 1.165) is 21.0 Å². The zero-order chi connectivity index (χ0) is 23.7. The first kappa shape index (κ1) is 22.0. The number of amides is 4. The second-order valence-electron chi connectivity index (χ2n) is 8.29. The predicted molar refractivity (Wildman–Crippen MR) is 128 cm³/mol. The summed E-state index contributed by atoms with van der Waals surface area (Å²) in [7, 11) is -4.03. The fourth-order valence-electron chi connectivity index (χ4n) is 4.34. The first-order valence-electron chi connectivity index (χ1n) is 11.0. The van der Waals surface area contributed by atoms with E-state index < -0.39 is 22.1 Å². The Morgan fingerprint density at radius 3 is 2.44 bits per heavy atom. The van der Waals surface area contributed by atoms with Crippen molar-refractivity contribution in [2.45, 2.75) is 23.9 Å². The molecule has 4 amide bonds. The highest BCUT2D eigenvalue weighted by Crippen LogP contribution is 2.32. The number of fused-ring (bicyclic) bond motifs is 1. The monoisotopic (exact) mass is 476 g/mol. The number of hydrogen-bond donors (Lipinski definition) is 2. The van der Waals surface area contributed by atoms with E-state index in [-0.39, 0.29) is 17.5 Å². The van der Waals surface area contributed by atoms with Crippen molar-refractivity contribution in [3.8, 4) is 0 Å². The van der Waals surface area contributed by atoms with Crippen LogP contribution in [-0.2, 0) is 23.0 Å². The van der Waals surface area contributed by atoms with E-state index in [1.54, 1.807) is 17.0 Å². The molecule has 0 saturated carbocycles. The lowest BCUT2D eigenvalue weighted by Crippen LogP contribution is -2.38. The van der Waals surface area contributed by atoms with E-state index in [2.05, 4.69) is 10.6 Å². The van der Waals surface area contributed by atoms with Gasteiger partial charge in [-0.1, -0.05) is 60.7 Å². The summed E-state index contributed by atoms with van der Waals surface area (Å²) in [6.45, 7) is 0.890. The second-order valence-corrected chi connectivity index (χ2v) is 10.1. The number of sulfonamides is 1. The molecule has 34 heavy (non-hydrogen) atoms. The quantitative estimate of drug-likeness (QED) is 0.590. The number of benzene rings is 3. The van der Waals surface area contributed by atoms with Crippen molar-refractivity contribution in [2.75, 3.05) is 18.0 Å². The number of hydrogen-bond acceptors (Lipinski definition) is 4. The number of nitrogens with zero attached hydrogens (tertiary/aromatic N) is 2. The highest BCUT2D eigenvalue weighted by atomic mass is 32.2. The lowest BCUT2D eigenvalue weighted by atomic mass is 10.1. The van der Waals surface area contributed by atoms with Gasteiger partial charge in [-0.3, -0.25) is 4.90 Å². The third-order valence-corrected chi connectivity index (χ3v) is 7.89. The molecule has 3 aromatic carbocycles. The maximum atomic E-state index is 13.3. The summed E-state index contributed by atoms with van der Waals surface area (Å²) in [5.74, 6) is 0. The lowest BCUT2D eigenvalue weighted by molar-refractivity contribution is 0.235. The number of carbonyl (C=O) groups is 2. The molecular weight excluding hydrogens is 452 g/mol. The number of carbonyl (C=O) groups excluding carboxylic acids is 2. The molecule has 3 aromatic rings. The third-order valence-electron chi connectivity index (χ3n) is 6.14. The average Bonchev–Trinajstić information content (AvgIpc) is 3.47. The Labute approximate surface area is 198 Å². The van der Waals surface area contributed by atoms with E-state index in [0.29, 0.717) is 25.2 Å². The molecule has 8 nitrogen and oxygen atoms in total. The molecule has 2 N–H and O–H groups in total. The summed E-state index contributed by atoms with van der Waals surface area (Å²) in [4.78, 5) is 26.9. The first-order valence-corrected chi connectivity index (χ1v) is 12.5. The average molecular weight is 477 g/mol. The Bertz CT molecular complexity index is 1330. The van der Waals surface area contributed by atoms with E-state index in [4.69, 9.17) is 0 Å². The van der Waals surface area contributed by atoms with Crippen molar-refractivity contribution in [2.24, 2.45) is 0 Å². The van der Waals surface area contributed by atoms with E-state index in [1.165, 1.54) is 6.07 Å². The smallest absolute Gasteiger partial charge is 0.331 e. The highest BCUT2D eigenvalue weighted by molar-refractivity contribution is 7.89. The molecule has 1 atom stereocenters. The van der Waals surface area contributed by atoms with Crippen molar-refractivity contribution in [1.82, 2.24) is 14.9 Å². The van der Waals surface area contributed by atoms with E-state index in [9.17, 15) is 18.0 Å². The van der Waals surface area contributed by atoms with Gasteiger partial charge in [-0.15, -0.1) is 0 Å². The molecule has 1 fully saturated rings. The first-order chi connectivity index (χ1) is 16.4. The Morgan fingerprint density at radius 2 is 1.71 bits per heavy atom. The molecule has 0 aliphatic carbocycles. The number of anilines is 1. The third kappa shape index (κ3) is 4.10. The van der Waals surface area contributed by atoms with Gasteiger partial charge >= 0.3 is 12.1 Å². The molecule has 0 spiro atoms. The molecule has 0 aromatic heterocycles. The van der Waals surface area contributed by atoms with Gasteiger partial charge in [0.1, 0.15) is 0 Å². The normalized spacial score (nSPS) is 17.4. The molecule has 174 valence electrons. The van der Waals surface area contributed by atoms with Crippen LogP contribution in [0, 0.1) is 0 Å². The molecule has 2 heterocycles. The van der Waals surface area contributed by atoms with Crippen LogP contribution < -0.4 is 15.5 Å². The SMILES string of the molecule is O=C(NCc1ccccc1)N1CCc2cc(S(=O)(=O)N3CC(c4ccccc4)NC3=O)ccc21. The molecule has 2 aliphatic rings. The van der Waals surface area contributed by atoms with Crippen LogP contribution in [0.1, 0.15) is 22.7 Å². The van der Waals surface area contributed by atoms with Crippen LogP contribution in [-0.4, -0.2) is 37.9 Å². The minimum Gasteiger partial charge on any atom is -0.334 e. The lowest BCUT2D eigenvalue weighted by Gasteiger charge is -2.19. The molecule has 0 radical (unpaired) electrons. The van der Waals surface area contributed by atoms with Crippen molar-refractivity contribution in [1.29, 1.82) is 0 Å². The van der Waals surface area contributed by atoms with Crippen molar-refractivity contribution >= 4 is 27.8 Å². The maximum absolute atomic E-state index is 13.3. The van der Waals surface area contributed by atoms with Gasteiger partial charge in [-0.25, -0.2) is 22.3 Å². The molecule has 5 rings (SSSR count). The Hall–Kier alpha value is -3.85. The van der Waals surface area contributed by atoms with Crippen LogP contribution in [0.2, 0.25) is 0 Å². The fourth-order valence-corrected chi connectivity index (χ4v) is 5.74. The fraction of sp³-hybridized carbons (Fsp3) is 0.200. The summed E-state index contributed by atoms with van der Waals surface area (Å²) in [6, 6.07) is 22.3. The molecule has 1 unspecified atom stereocenters. The predicted octanol–water partition coefficient (Wildman–Crippen LogP) is 3.41. The largest absolute Gasteiger partial charge is 0.334 e. The van der Waals surface area contributed by atoms with Crippen LogP contribution in [0.15, 0.2) is 83.8 Å².